The van der Waals surface area contributed by atoms with Crippen molar-refractivity contribution < 1.29 is 4.74 Å². The molecule has 3 heteroatoms. The summed E-state index contributed by atoms with van der Waals surface area (Å²) >= 11 is 0. The van der Waals surface area contributed by atoms with Crippen LogP contribution in [0.1, 0.15) is 44.6 Å². The van der Waals surface area contributed by atoms with Gasteiger partial charge in [0.15, 0.2) is 0 Å². The molecule has 0 amide bonds. The first-order chi connectivity index (χ1) is 9.18. The van der Waals surface area contributed by atoms with Gasteiger partial charge in [0.2, 0.25) is 0 Å². The van der Waals surface area contributed by atoms with Crippen molar-refractivity contribution in [3.05, 3.63) is 29.8 Å². The quantitative estimate of drug-likeness (QED) is 0.633. The van der Waals surface area contributed by atoms with Gasteiger partial charge in [0.05, 0.1) is 7.11 Å². The number of hydrogen-bond donors (Lipinski definition) is 2. The molecule has 2 rings (SSSR count). The molecule has 19 heavy (non-hydrogen) atoms. The fourth-order valence-corrected chi connectivity index (χ4v) is 3.25. The molecule has 1 aliphatic carbocycles. The van der Waals surface area contributed by atoms with E-state index in [0.717, 1.165) is 12.2 Å². The summed E-state index contributed by atoms with van der Waals surface area (Å²) in [6.07, 6.45) is 7.52. The Kier molecular flexibility index (Phi) is 4.83. The lowest BCUT2D eigenvalue weighted by molar-refractivity contribution is 0.144. The van der Waals surface area contributed by atoms with Crippen LogP contribution in [0.3, 0.4) is 0 Å². The molecular weight excluding hydrogens is 236 g/mol. The van der Waals surface area contributed by atoms with E-state index in [-0.39, 0.29) is 0 Å². The molecule has 1 aliphatic rings. The summed E-state index contributed by atoms with van der Waals surface area (Å²) in [6.45, 7) is 2.37. The second-order valence-electron chi connectivity index (χ2n) is 5.99. The van der Waals surface area contributed by atoms with Gasteiger partial charge in [0, 0.05) is 6.04 Å². The fourth-order valence-electron chi connectivity index (χ4n) is 3.25. The summed E-state index contributed by atoms with van der Waals surface area (Å²) in [6, 6.07) is 8.62. The average Bonchev–Trinajstić information content (AvgIpc) is 2.45. The van der Waals surface area contributed by atoms with Gasteiger partial charge in [0.25, 0.3) is 0 Å². The number of rotatable bonds is 5. The van der Waals surface area contributed by atoms with E-state index in [9.17, 15) is 0 Å². The Morgan fingerprint density at radius 2 is 2.05 bits per heavy atom. The highest BCUT2D eigenvalue weighted by Crippen LogP contribution is 2.39. The summed E-state index contributed by atoms with van der Waals surface area (Å²) < 4.78 is 5.29. The minimum Gasteiger partial charge on any atom is -0.497 e. The van der Waals surface area contributed by atoms with E-state index in [1.54, 1.807) is 7.11 Å². The zero-order valence-corrected chi connectivity index (χ0v) is 12.1. The lowest BCUT2D eigenvalue weighted by atomic mass is 9.69. The fraction of sp³-hybridized carbons (Fsp3) is 0.625. The number of benzene rings is 1. The summed E-state index contributed by atoms with van der Waals surface area (Å²) in [5, 5.41) is 0. The van der Waals surface area contributed by atoms with Gasteiger partial charge in [-0.3, -0.25) is 11.3 Å². The molecular formula is C16H26N2O. The SMILES string of the molecule is COc1cccc(CC(NN)C2(C)CCCCC2)c1. The van der Waals surface area contributed by atoms with Crippen LogP contribution in [-0.2, 0) is 6.42 Å². The highest BCUT2D eigenvalue weighted by molar-refractivity contribution is 5.29. The van der Waals surface area contributed by atoms with Crippen molar-refractivity contribution in [2.24, 2.45) is 11.3 Å². The van der Waals surface area contributed by atoms with Crippen molar-refractivity contribution in [1.82, 2.24) is 5.43 Å². The lowest BCUT2D eigenvalue weighted by Gasteiger charge is -2.40. The van der Waals surface area contributed by atoms with E-state index in [1.807, 2.05) is 12.1 Å². The van der Waals surface area contributed by atoms with Crippen LogP contribution in [0, 0.1) is 5.41 Å². The minimum atomic E-state index is 0.316. The Labute approximate surface area is 116 Å². The van der Waals surface area contributed by atoms with Gasteiger partial charge in [-0.1, -0.05) is 38.3 Å². The van der Waals surface area contributed by atoms with E-state index in [1.165, 1.54) is 37.7 Å². The third kappa shape index (κ3) is 3.48. The number of hydrogen-bond acceptors (Lipinski definition) is 3. The zero-order valence-electron chi connectivity index (χ0n) is 12.1. The van der Waals surface area contributed by atoms with Gasteiger partial charge in [-0.15, -0.1) is 0 Å². The number of hydrazine groups is 1. The summed E-state index contributed by atoms with van der Waals surface area (Å²) in [5.74, 6) is 6.74. The van der Waals surface area contributed by atoms with Crippen molar-refractivity contribution in [2.45, 2.75) is 51.5 Å². The second kappa shape index (κ2) is 6.40. The van der Waals surface area contributed by atoms with E-state index in [2.05, 4.69) is 24.5 Å². The summed E-state index contributed by atoms with van der Waals surface area (Å²) in [4.78, 5) is 0. The second-order valence-corrected chi connectivity index (χ2v) is 5.99. The largest absolute Gasteiger partial charge is 0.497 e. The zero-order chi connectivity index (χ0) is 13.7. The van der Waals surface area contributed by atoms with Crippen LogP contribution < -0.4 is 16.0 Å². The van der Waals surface area contributed by atoms with Crippen LogP contribution in [0.15, 0.2) is 24.3 Å². The van der Waals surface area contributed by atoms with Gasteiger partial charge >= 0.3 is 0 Å². The van der Waals surface area contributed by atoms with Gasteiger partial charge in [-0.05, 0) is 42.4 Å². The number of nitrogens with one attached hydrogen (secondary N) is 1. The lowest BCUT2D eigenvalue weighted by Crippen LogP contribution is -2.49. The van der Waals surface area contributed by atoms with Crippen LogP contribution in [0.5, 0.6) is 5.75 Å². The Hall–Kier alpha value is -1.06. The first-order valence-corrected chi connectivity index (χ1v) is 7.27. The minimum absolute atomic E-state index is 0.316. The van der Waals surface area contributed by atoms with Gasteiger partial charge < -0.3 is 4.74 Å². The monoisotopic (exact) mass is 262 g/mol. The predicted octanol–water partition coefficient (Wildman–Crippen LogP) is 3.04. The van der Waals surface area contributed by atoms with Crippen molar-refractivity contribution in [2.75, 3.05) is 7.11 Å². The first kappa shape index (κ1) is 14.4. The maximum Gasteiger partial charge on any atom is 0.119 e. The van der Waals surface area contributed by atoms with Crippen molar-refractivity contribution >= 4 is 0 Å². The van der Waals surface area contributed by atoms with Crippen LogP contribution in [0.4, 0.5) is 0 Å². The predicted molar refractivity (Wildman–Crippen MR) is 79.0 cm³/mol. The molecule has 0 heterocycles. The van der Waals surface area contributed by atoms with Crippen LogP contribution in [-0.4, -0.2) is 13.2 Å². The molecule has 0 bridgehead atoms. The van der Waals surface area contributed by atoms with Gasteiger partial charge in [0.1, 0.15) is 5.75 Å². The van der Waals surface area contributed by atoms with Crippen LogP contribution in [0.2, 0.25) is 0 Å². The van der Waals surface area contributed by atoms with E-state index < -0.39 is 0 Å². The topological polar surface area (TPSA) is 47.3 Å². The van der Waals surface area contributed by atoms with Gasteiger partial charge in [-0.2, -0.15) is 0 Å². The van der Waals surface area contributed by atoms with Crippen molar-refractivity contribution in [1.29, 1.82) is 0 Å². The normalized spacial score (nSPS) is 19.9. The Balaban J connectivity index is 2.09. The third-order valence-corrected chi connectivity index (χ3v) is 4.61. The number of methoxy groups -OCH3 is 1. The molecule has 3 N–H and O–H groups in total. The van der Waals surface area contributed by atoms with Crippen molar-refractivity contribution in [3.8, 4) is 5.75 Å². The van der Waals surface area contributed by atoms with Gasteiger partial charge in [-0.25, -0.2) is 0 Å². The molecule has 1 aromatic carbocycles. The standard InChI is InChI=1S/C16H26N2O/c1-16(9-4-3-5-10-16)15(18-17)12-13-7-6-8-14(11-13)19-2/h6-8,11,15,18H,3-5,9-10,12,17H2,1-2H3. The Morgan fingerprint density at radius 3 is 2.68 bits per heavy atom. The number of ether oxygens (including phenoxy) is 1. The maximum atomic E-state index is 5.83. The third-order valence-electron chi connectivity index (χ3n) is 4.61. The Bertz CT molecular complexity index is 399. The molecule has 0 aliphatic heterocycles. The highest BCUT2D eigenvalue weighted by Gasteiger charge is 2.34. The molecule has 1 saturated carbocycles. The van der Waals surface area contributed by atoms with E-state index in [4.69, 9.17) is 10.6 Å². The maximum absolute atomic E-state index is 5.83. The average molecular weight is 262 g/mol. The smallest absolute Gasteiger partial charge is 0.119 e. The van der Waals surface area contributed by atoms with Crippen molar-refractivity contribution in [3.63, 3.8) is 0 Å². The number of nitrogens with two attached hydrogens (primary N) is 1. The molecule has 1 fully saturated rings. The molecule has 3 nitrogen and oxygen atoms in total. The molecule has 0 radical (unpaired) electrons. The highest BCUT2D eigenvalue weighted by atomic mass is 16.5. The van der Waals surface area contributed by atoms with Crippen LogP contribution >= 0.6 is 0 Å². The summed E-state index contributed by atoms with van der Waals surface area (Å²) in [7, 11) is 1.71. The molecule has 0 spiro atoms. The van der Waals surface area contributed by atoms with E-state index >= 15 is 0 Å². The molecule has 1 unspecified atom stereocenters. The molecule has 106 valence electrons. The molecule has 1 aromatic rings. The Morgan fingerprint density at radius 1 is 1.32 bits per heavy atom. The molecule has 0 aromatic heterocycles. The summed E-state index contributed by atoms with van der Waals surface area (Å²) in [5.41, 5.74) is 4.66. The first-order valence-electron chi connectivity index (χ1n) is 7.27. The van der Waals surface area contributed by atoms with Crippen LogP contribution in [0.25, 0.3) is 0 Å². The van der Waals surface area contributed by atoms with E-state index in [0.29, 0.717) is 11.5 Å². The molecule has 0 saturated heterocycles. The molecule has 1 atom stereocenters.